The summed E-state index contributed by atoms with van der Waals surface area (Å²) in [7, 11) is 1.25. The van der Waals surface area contributed by atoms with Crippen molar-refractivity contribution in [3.63, 3.8) is 0 Å². The maximum atomic E-state index is 10.6. The molecule has 54 valence electrons. The van der Waals surface area contributed by atoms with Crippen molar-refractivity contribution in [1.29, 1.82) is 5.26 Å². The Kier molecular flexibility index (Phi) is 3.97. The lowest BCUT2D eigenvalue weighted by Gasteiger charge is -1.92. The minimum absolute atomic E-state index is 0.0741. The van der Waals surface area contributed by atoms with E-state index >= 15 is 0 Å². The lowest BCUT2D eigenvalue weighted by Crippen LogP contribution is -2.02. The molecular weight excluding hydrogens is 130 g/mol. The average Bonchev–Trinajstić information content (AvgIpc) is 1.99. The van der Waals surface area contributed by atoms with Crippen LogP contribution in [0.5, 0.6) is 0 Å². The number of nitrogens with zero attached hydrogens (tertiary/aromatic N) is 1. The van der Waals surface area contributed by atoms with Crippen molar-refractivity contribution in [2.45, 2.75) is 13.3 Å². The van der Waals surface area contributed by atoms with Gasteiger partial charge >= 0.3 is 5.97 Å². The molecule has 0 aliphatic rings. The van der Waals surface area contributed by atoms with E-state index in [1.807, 2.05) is 6.92 Å². The van der Waals surface area contributed by atoms with Gasteiger partial charge in [-0.3, -0.25) is 0 Å². The Labute approximate surface area is 59.9 Å². The fourth-order valence-corrected chi connectivity index (χ4v) is 0.489. The van der Waals surface area contributed by atoms with Gasteiger partial charge in [0.2, 0.25) is 0 Å². The SMILES string of the molecule is CCC=C(C#N)C(=O)OC. The van der Waals surface area contributed by atoms with Gasteiger partial charge in [-0.1, -0.05) is 13.0 Å². The molecule has 3 nitrogen and oxygen atoms in total. The molecule has 0 unspecified atom stereocenters. The Hall–Kier alpha value is -1.30. The highest BCUT2D eigenvalue weighted by Crippen LogP contribution is 1.96. The van der Waals surface area contributed by atoms with Crippen LogP contribution >= 0.6 is 0 Å². The van der Waals surface area contributed by atoms with Crippen LogP contribution < -0.4 is 0 Å². The summed E-state index contributed by atoms with van der Waals surface area (Å²) >= 11 is 0. The number of carbonyl (C=O) groups excluding carboxylic acids is 1. The van der Waals surface area contributed by atoms with Gasteiger partial charge in [0.15, 0.2) is 0 Å². The minimum atomic E-state index is -0.565. The highest BCUT2D eigenvalue weighted by atomic mass is 16.5. The summed E-state index contributed by atoms with van der Waals surface area (Å²) in [5, 5.41) is 8.34. The lowest BCUT2D eigenvalue weighted by atomic mass is 10.2. The van der Waals surface area contributed by atoms with E-state index in [1.54, 1.807) is 6.07 Å². The van der Waals surface area contributed by atoms with E-state index in [0.29, 0.717) is 6.42 Å². The Balaban J connectivity index is 4.25. The average molecular weight is 139 g/mol. The molecule has 10 heavy (non-hydrogen) atoms. The predicted octanol–water partition coefficient (Wildman–Crippen LogP) is 1.02. The molecule has 0 heterocycles. The fourth-order valence-electron chi connectivity index (χ4n) is 0.489. The summed E-state index contributed by atoms with van der Waals surface area (Å²) in [6.45, 7) is 1.85. The van der Waals surface area contributed by atoms with E-state index in [0.717, 1.165) is 0 Å². The molecule has 3 heteroatoms. The van der Waals surface area contributed by atoms with Crippen LogP contribution in [0.1, 0.15) is 13.3 Å². The fraction of sp³-hybridized carbons (Fsp3) is 0.429. The number of hydrogen-bond acceptors (Lipinski definition) is 3. The summed E-state index contributed by atoms with van der Waals surface area (Å²) in [5.74, 6) is -0.565. The molecule has 0 bridgehead atoms. The molecule has 0 aliphatic carbocycles. The van der Waals surface area contributed by atoms with E-state index in [4.69, 9.17) is 5.26 Å². The molecule has 0 N–H and O–H groups in total. The van der Waals surface area contributed by atoms with Crippen LogP contribution in [-0.4, -0.2) is 13.1 Å². The predicted molar refractivity (Wildman–Crippen MR) is 36.0 cm³/mol. The van der Waals surface area contributed by atoms with Gasteiger partial charge in [0.1, 0.15) is 11.6 Å². The highest BCUT2D eigenvalue weighted by molar-refractivity contribution is 5.92. The Morgan fingerprint density at radius 1 is 1.80 bits per heavy atom. The topological polar surface area (TPSA) is 50.1 Å². The number of rotatable bonds is 2. The molecule has 0 aromatic rings. The van der Waals surface area contributed by atoms with Crippen LogP contribution in [0.25, 0.3) is 0 Å². The molecule has 0 saturated carbocycles. The van der Waals surface area contributed by atoms with Gasteiger partial charge in [-0.25, -0.2) is 4.79 Å². The van der Waals surface area contributed by atoms with E-state index in [-0.39, 0.29) is 5.57 Å². The zero-order valence-corrected chi connectivity index (χ0v) is 6.05. The molecule has 0 aromatic heterocycles. The second-order valence-corrected chi connectivity index (χ2v) is 1.63. The summed E-state index contributed by atoms with van der Waals surface area (Å²) in [6.07, 6.45) is 2.20. The van der Waals surface area contributed by atoms with Crippen molar-refractivity contribution in [3.05, 3.63) is 11.6 Å². The van der Waals surface area contributed by atoms with Crippen molar-refractivity contribution in [3.8, 4) is 6.07 Å². The number of hydrogen-bond donors (Lipinski definition) is 0. The molecule has 0 amide bonds. The van der Waals surface area contributed by atoms with Crippen LogP contribution in [0.2, 0.25) is 0 Å². The van der Waals surface area contributed by atoms with Gasteiger partial charge in [-0.15, -0.1) is 0 Å². The van der Waals surface area contributed by atoms with Gasteiger partial charge in [0, 0.05) is 0 Å². The molecular formula is C7H9NO2. The second-order valence-electron chi connectivity index (χ2n) is 1.63. The first-order valence-corrected chi connectivity index (χ1v) is 2.94. The number of carbonyl (C=O) groups is 1. The molecule has 0 spiro atoms. The third-order valence-electron chi connectivity index (χ3n) is 0.934. The van der Waals surface area contributed by atoms with E-state index in [1.165, 1.54) is 13.2 Å². The smallest absolute Gasteiger partial charge is 0.348 e. The van der Waals surface area contributed by atoms with Crippen LogP contribution in [0.15, 0.2) is 11.6 Å². The Morgan fingerprint density at radius 2 is 2.40 bits per heavy atom. The summed E-state index contributed by atoms with van der Waals surface area (Å²) in [6, 6.07) is 1.74. The van der Waals surface area contributed by atoms with Crippen molar-refractivity contribution in [1.82, 2.24) is 0 Å². The van der Waals surface area contributed by atoms with Crippen molar-refractivity contribution < 1.29 is 9.53 Å². The Bertz CT molecular complexity index is 188. The Morgan fingerprint density at radius 3 is 2.70 bits per heavy atom. The molecule has 0 aliphatic heterocycles. The third kappa shape index (κ3) is 2.31. The van der Waals surface area contributed by atoms with Gasteiger partial charge in [0.05, 0.1) is 7.11 Å². The quantitative estimate of drug-likeness (QED) is 0.326. The number of nitriles is 1. The van der Waals surface area contributed by atoms with Gasteiger partial charge in [-0.2, -0.15) is 5.26 Å². The summed E-state index contributed by atoms with van der Waals surface area (Å²) in [4.78, 5) is 10.6. The first-order chi connectivity index (χ1) is 4.76. The van der Waals surface area contributed by atoms with E-state index in [2.05, 4.69) is 4.74 Å². The normalized spacial score (nSPS) is 10.3. The summed E-state index contributed by atoms with van der Waals surface area (Å²) < 4.78 is 4.33. The van der Waals surface area contributed by atoms with E-state index < -0.39 is 5.97 Å². The van der Waals surface area contributed by atoms with Crippen molar-refractivity contribution >= 4 is 5.97 Å². The largest absolute Gasteiger partial charge is 0.465 e. The summed E-state index contributed by atoms with van der Waals surface area (Å²) in [5.41, 5.74) is 0.0741. The molecule has 0 atom stereocenters. The maximum absolute atomic E-state index is 10.6. The van der Waals surface area contributed by atoms with Gasteiger partial charge in [0.25, 0.3) is 0 Å². The van der Waals surface area contributed by atoms with Gasteiger partial charge < -0.3 is 4.74 Å². The molecule has 0 rings (SSSR count). The third-order valence-corrected chi connectivity index (χ3v) is 0.934. The molecule has 0 radical (unpaired) electrons. The maximum Gasteiger partial charge on any atom is 0.348 e. The zero-order valence-electron chi connectivity index (χ0n) is 6.05. The number of esters is 1. The zero-order chi connectivity index (χ0) is 7.98. The lowest BCUT2D eigenvalue weighted by molar-refractivity contribution is -0.135. The first-order valence-electron chi connectivity index (χ1n) is 2.94. The number of methoxy groups -OCH3 is 1. The minimum Gasteiger partial charge on any atom is -0.465 e. The number of ether oxygens (including phenoxy) is 1. The van der Waals surface area contributed by atoms with Gasteiger partial charge in [-0.05, 0) is 6.42 Å². The van der Waals surface area contributed by atoms with E-state index in [9.17, 15) is 4.79 Å². The van der Waals surface area contributed by atoms with Crippen LogP contribution in [0.3, 0.4) is 0 Å². The monoisotopic (exact) mass is 139 g/mol. The molecule has 0 fully saturated rings. The highest BCUT2D eigenvalue weighted by Gasteiger charge is 2.05. The van der Waals surface area contributed by atoms with Crippen molar-refractivity contribution in [2.24, 2.45) is 0 Å². The second kappa shape index (κ2) is 4.57. The molecule has 0 saturated heterocycles. The standard InChI is InChI=1S/C7H9NO2/c1-3-4-6(5-8)7(9)10-2/h4H,3H2,1-2H3. The van der Waals surface area contributed by atoms with Crippen LogP contribution in [0, 0.1) is 11.3 Å². The first kappa shape index (κ1) is 8.70. The van der Waals surface area contributed by atoms with Crippen LogP contribution in [0.4, 0.5) is 0 Å². The molecule has 0 aromatic carbocycles. The number of allylic oxidation sites excluding steroid dienone is 1. The van der Waals surface area contributed by atoms with Crippen LogP contribution in [-0.2, 0) is 9.53 Å². The van der Waals surface area contributed by atoms with Crippen molar-refractivity contribution in [2.75, 3.05) is 7.11 Å².